The number of esters is 1. The molecule has 9 nitrogen and oxygen atoms in total. The molecule has 55 heavy (non-hydrogen) atoms. The minimum absolute atomic E-state index is 0.0112. The van der Waals surface area contributed by atoms with Gasteiger partial charge in [-0.2, -0.15) is 0 Å². The Bertz CT molecular complexity index is 1790. The number of carbonyl (C=O) groups is 3. The number of hydrogen-bond donors (Lipinski definition) is 2. The molecule has 3 aromatic carbocycles. The Kier molecular flexibility index (Phi) is 15.6. The highest BCUT2D eigenvalue weighted by atomic mass is 16.6. The molecule has 0 bridgehead atoms. The van der Waals surface area contributed by atoms with Gasteiger partial charge in [-0.3, -0.25) is 14.4 Å². The van der Waals surface area contributed by atoms with Crippen LogP contribution in [0.15, 0.2) is 89.0 Å². The van der Waals surface area contributed by atoms with E-state index in [1.807, 2.05) is 67.6 Å². The van der Waals surface area contributed by atoms with Crippen molar-refractivity contribution in [2.75, 3.05) is 13.2 Å². The molecule has 1 atom stereocenters. The van der Waals surface area contributed by atoms with Crippen molar-refractivity contribution in [1.29, 1.82) is 0 Å². The summed E-state index contributed by atoms with van der Waals surface area (Å²) < 4.78 is 11.4. The lowest BCUT2D eigenvalue weighted by Crippen LogP contribution is -2.48. The summed E-state index contributed by atoms with van der Waals surface area (Å²) in [7, 11) is 0. The molecule has 294 valence electrons. The van der Waals surface area contributed by atoms with E-state index in [1.165, 1.54) is 32.1 Å². The summed E-state index contributed by atoms with van der Waals surface area (Å²) in [5.74, 6) is 0.942. The molecule has 0 radical (unpaired) electrons. The van der Waals surface area contributed by atoms with E-state index in [-0.39, 0.29) is 30.7 Å². The van der Waals surface area contributed by atoms with E-state index in [9.17, 15) is 14.4 Å². The van der Waals surface area contributed by atoms with Crippen molar-refractivity contribution in [3.8, 4) is 5.75 Å². The topological polar surface area (TPSA) is 118 Å². The second-order valence-electron chi connectivity index (χ2n) is 16.5. The Hall–Kier alpha value is -5.05. The largest absolute Gasteiger partial charge is 0.494 e. The molecule has 1 aliphatic carbocycles. The van der Waals surface area contributed by atoms with Crippen LogP contribution in [0.1, 0.15) is 126 Å². The number of hydrogen-bond acceptors (Lipinski definition) is 6. The molecule has 0 spiro atoms. The Morgan fingerprint density at radius 1 is 0.855 bits per heavy atom. The smallest absolute Gasteiger partial charge is 0.308 e. The number of nitrogens with one attached hydrogen (secondary N) is 2. The fourth-order valence-electron chi connectivity index (χ4n) is 6.47. The maximum Gasteiger partial charge on any atom is 0.308 e. The lowest BCUT2D eigenvalue weighted by molar-refractivity contribution is -0.154. The molecule has 0 saturated heterocycles. The second kappa shape index (κ2) is 20.0. The van der Waals surface area contributed by atoms with Crippen molar-refractivity contribution in [1.82, 2.24) is 10.6 Å². The lowest BCUT2D eigenvalue weighted by Gasteiger charge is -2.21. The Balaban J connectivity index is 1.41. The highest BCUT2D eigenvalue weighted by Gasteiger charge is 2.24. The van der Waals surface area contributed by atoms with E-state index < -0.39 is 23.5 Å². The van der Waals surface area contributed by atoms with Gasteiger partial charge in [0.1, 0.15) is 17.4 Å². The number of rotatable bonds is 15. The van der Waals surface area contributed by atoms with Crippen molar-refractivity contribution < 1.29 is 23.9 Å². The standard InChI is InChI=1S/C46H60N4O5/c1-32(35-20-24-39(25-21-35)54-29-27-33-12-10-9-11-13-33)31-49-42(47-8)36-16-14-34(15-17-36)30-40(44(53)48-28-26-41(51)55-46(5,6)7)50-43(52)37-18-22-38(23-19-37)45(2,3)4/h14-25,31,33,40H,8-13,26-30H2,1-7H3,(H,48,53)(H,50,52)/b32-31+,49-42-/t40-/m0/s1. The minimum atomic E-state index is -0.899. The van der Waals surface area contributed by atoms with Crippen LogP contribution in [-0.4, -0.2) is 55.1 Å². The fourth-order valence-corrected chi connectivity index (χ4v) is 6.47. The molecule has 0 unspecified atom stereocenters. The molecule has 9 heteroatoms. The van der Waals surface area contributed by atoms with Gasteiger partial charge in [-0.15, -0.1) is 0 Å². The van der Waals surface area contributed by atoms with Crippen LogP contribution >= 0.6 is 0 Å². The van der Waals surface area contributed by atoms with Gasteiger partial charge in [0.25, 0.3) is 5.91 Å². The normalized spacial score (nSPS) is 14.8. The van der Waals surface area contributed by atoms with Crippen molar-refractivity contribution >= 4 is 35.9 Å². The van der Waals surface area contributed by atoms with Crippen molar-refractivity contribution in [2.45, 2.75) is 117 Å². The molecular weight excluding hydrogens is 689 g/mol. The van der Waals surface area contributed by atoms with Crippen LogP contribution in [0.4, 0.5) is 0 Å². The second-order valence-corrected chi connectivity index (χ2v) is 16.5. The minimum Gasteiger partial charge on any atom is -0.494 e. The van der Waals surface area contributed by atoms with Crippen molar-refractivity contribution in [3.63, 3.8) is 0 Å². The third-order valence-electron chi connectivity index (χ3n) is 9.69. The van der Waals surface area contributed by atoms with Gasteiger partial charge in [-0.25, -0.2) is 9.98 Å². The number of amidine groups is 1. The van der Waals surface area contributed by atoms with Crippen LogP contribution in [0, 0.1) is 5.92 Å². The van der Waals surface area contributed by atoms with E-state index in [4.69, 9.17) is 9.47 Å². The molecule has 0 heterocycles. The molecule has 1 aliphatic rings. The zero-order valence-electron chi connectivity index (χ0n) is 33.9. The highest BCUT2D eigenvalue weighted by molar-refractivity contribution is 6.02. The van der Waals surface area contributed by atoms with Gasteiger partial charge in [0, 0.05) is 30.3 Å². The van der Waals surface area contributed by atoms with E-state index in [1.54, 1.807) is 39.1 Å². The van der Waals surface area contributed by atoms with Gasteiger partial charge in [0.15, 0.2) is 5.84 Å². The zero-order chi connectivity index (χ0) is 40.0. The van der Waals surface area contributed by atoms with Gasteiger partial charge >= 0.3 is 5.97 Å². The predicted molar refractivity (Wildman–Crippen MR) is 223 cm³/mol. The molecule has 2 N–H and O–H groups in total. The Morgan fingerprint density at radius 3 is 2.07 bits per heavy atom. The number of nitrogens with zero attached hydrogens (tertiary/aromatic N) is 2. The predicted octanol–water partition coefficient (Wildman–Crippen LogP) is 9.03. The average Bonchev–Trinajstić information content (AvgIpc) is 3.15. The van der Waals surface area contributed by atoms with Crippen molar-refractivity contribution in [2.24, 2.45) is 15.9 Å². The molecule has 4 rings (SSSR count). The van der Waals surface area contributed by atoms with Crippen molar-refractivity contribution in [3.05, 3.63) is 107 Å². The fraction of sp³-hybridized carbons (Fsp3) is 0.457. The summed E-state index contributed by atoms with van der Waals surface area (Å²) in [5.41, 5.74) is 4.44. The maximum atomic E-state index is 13.4. The first-order valence-electron chi connectivity index (χ1n) is 19.6. The molecule has 3 aromatic rings. The van der Waals surface area contributed by atoms with Crippen LogP contribution in [0.5, 0.6) is 5.75 Å². The number of ether oxygens (including phenoxy) is 2. The van der Waals surface area contributed by atoms with Crippen LogP contribution in [0.2, 0.25) is 0 Å². The molecule has 0 aliphatic heterocycles. The molecule has 0 aromatic heterocycles. The third kappa shape index (κ3) is 14.3. The van der Waals surface area contributed by atoms with Gasteiger partial charge in [-0.1, -0.05) is 101 Å². The lowest BCUT2D eigenvalue weighted by atomic mass is 9.86. The SMILES string of the molecule is C=N/C(=N\C=C(/C)c1ccc(OCCC2CCCCC2)cc1)c1ccc(C[C@H](NC(=O)c2ccc(C(C)(C)C)cc2)C(=O)NCCC(=O)OC(C)(C)C)cc1. The third-order valence-corrected chi connectivity index (χ3v) is 9.69. The number of benzene rings is 3. The number of carbonyl (C=O) groups excluding carboxylic acids is 3. The first kappa shape index (κ1) is 42.7. The van der Waals surface area contributed by atoms with Gasteiger partial charge < -0.3 is 20.1 Å². The average molecular weight is 749 g/mol. The highest BCUT2D eigenvalue weighted by Crippen LogP contribution is 2.27. The Labute approximate surface area is 328 Å². The number of allylic oxidation sites excluding steroid dienone is 1. The molecule has 2 amide bonds. The summed E-state index contributed by atoms with van der Waals surface area (Å²) in [6, 6.07) is 22.1. The summed E-state index contributed by atoms with van der Waals surface area (Å²) in [4.78, 5) is 47.9. The van der Waals surface area contributed by atoms with Crippen LogP contribution in [-0.2, 0) is 26.2 Å². The monoisotopic (exact) mass is 748 g/mol. The molecule has 1 saturated carbocycles. The first-order chi connectivity index (χ1) is 26.1. The summed E-state index contributed by atoms with van der Waals surface area (Å²) >= 11 is 0. The maximum absolute atomic E-state index is 13.4. The van der Waals surface area contributed by atoms with E-state index in [0.29, 0.717) is 11.4 Å². The summed E-state index contributed by atoms with van der Waals surface area (Å²) in [5, 5.41) is 5.70. The quantitative estimate of drug-likeness (QED) is 0.0914. The van der Waals surface area contributed by atoms with Crippen LogP contribution < -0.4 is 15.4 Å². The van der Waals surface area contributed by atoms with Crippen LogP contribution in [0.25, 0.3) is 5.57 Å². The Morgan fingerprint density at radius 2 is 1.47 bits per heavy atom. The first-order valence-corrected chi connectivity index (χ1v) is 19.6. The number of aliphatic imine (C=N–C) groups is 2. The summed E-state index contributed by atoms with van der Waals surface area (Å²) in [6.45, 7) is 18.3. The number of amides is 2. The zero-order valence-corrected chi connectivity index (χ0v) is 33.9. The summed E-state index contributed by atoms with van der Waals surface area (Å²) in [6.07, 6.45) is 9.83. The van der Waals surface area contributed by atoms with E-state index in [0.717, 1.165) is 52.5 Å². The van der Waals surface area contributed by atoms with Gasteiger partial charge in [0.05, 0.1) is 13.0 Å². The van der Waals surface area contributed by atoms with E-state index >= 15 is 0 Å². The molecule has 1 fully saturated rings. The van der Waals surface area contributed by atoms with Gasteiger partial charge in [-0.05, 0) is 98.7 Å². The van der Waals surface area contributed by atoms with E-state index in [2.05, 4.69) is 48.1 Å². The van der Waals surface area contributed by atoms with Gasteiger partial charge in [0.2, 0.25) is 5.91 Å². The van der Waals surface area contributed by atoms with Crippen LogP contribution in [0.3, 0.4) is 0 Å². The molecular formula is C46H60N4O5.